The van der Waals surface area contributed by atoms with Gasteiger partial charge in [0.25, 0.3) is 17.7 Å². The van der Waals surface area contributed by atoms with Gasteiger partial charge < -0.3 is 4.90 Å². The molecule has 0 N–H and O–H groups in total. The second kappa shape index (κ2) is 7.35. The minimum Gasteiger partial charge on any atom is -0.337 e. The fourth-order valence-corrected chi connectivity index (χ4v) is 3.45. The Morgan fingerprint density at radius 1 is 1.00 bits per heavy atom. The van der Waals surface area contributed by atoms with Crippen molar-refractivity contribution in [1.29, 1.82) is 0 Å². The van der Waals surface area contributed by atoms with Crippen LogP contribution in [0, 0.1) is 0 Å². The van der Waals surface area contributed by atoms with Crippen molar-refractivity contribution in [3.8, 4) is 0 Å². The Morgan fingerprint density at radius 2 is 1.72 bits per heavy atom. The average Bonchev–Trinajstić information content (AvgIpc) is 3.24. The molecule has 1 aliphatic rings. The summed E-state index contributed by atoms with van der Waals surface area (Å²) < 4.78 is 1.68. The number of rotatable bonds is 5. The molecule has 1 aliphatic heterocycles. The highest BCUT2D eigenvalue weighted by molar-refractivity contribution is 6.22. The third-order valence-corrected chi connectivity index (χ3v) is 4.93. The minimum absolute atomic E-state index is 0.206. The molecule has 0 bridgehead atoms. The molecule has 4 rings (SSSR count). The second-order valence-electron chi connectivity index (χ2n) is 7.13. The molecule has 0 fully saturated rings. The number of carbonyl (C=O) groups is 3. The third-order valence-electron chi connectivity index (χ3n) is 4.93. The fraction of sp³-hybridized carbons (Fsp3) is 0.182. The smallest absolute Gasteiger partial charge is 0.261 e. The van der Waals surface area contributed by atoms with Crippen molar-refractivity contribution in [3.63, 3.8) is 0 Å². The van der Waals surface area contributed by atoms with Gasteiger partial charge in [0.15, 0.2) is 0 Å². The summed E-state index contributed by atoms with van der Waals surface area (Å²) >= 11 is 0. The predicted octanol–water partition coefficient (Wildman–Crippen LogP) is 2.49. The largest absolute Gasteiger partial charge is 0.337 e. The Hall–Kier alpha value is -3.74. The lowest BCUT2D eigenvalue weighted by atomic mass is 10.0. The van der Waals surface area contributed by atoms with E-state index in [9.17, 15) is 14.4 Å². The van der Waals surface area contributed by atoms with Crippen molar-refractivity contribution >= 4 is 17.7 Å². The zero-order valence-electron chi connectivity index (χ0n) is 16.2. The summed E-state index contributed by atoms with van der Waals surface area (Å²) in [5.41, 5.74) is 2.75. The van der Waals surface area contributed by atoms with E-state index < -0.39 is 0 Å². The number of hydrogen-bond donors (Lipinski definition) is 0. The zero-order chi connectivity index (χ0) is 20.5. The average molecular weight is 388 g/mol. The van der Waals surface area contributed by atoms with Gasteiger partial charge in [0.1, 0.15) is 0 Å². The maximum atomic E-state index is 12.8. The molecule has 2 heterocycles. The highest BCUT2D eigenvalue weighted by Crippen LogP contribution is 2.26. The van der Waals surface area contributed by atoms with Gasteiger partial charge in [0, 0.05) is 38.0 Å². The van der Waals surface area contributed by atoms with Crippen molar-refractivity contribution in [1.82, 2.24) is 19.6 Å². The van der Waals surface area contributed by atoms with Gasteiger partial charge >= 0.3 is 0 Å². The Labute approximate surface area is 168 Å². The lowest BCUT2D eigenvalue weighted by Gasteiger charge is -2.16. The molecule has 3 amide bonds. The van der Waals surface area contributed by atoms with Crippen LogP contribution in [0.15, 0.2) is 60.9 Å². The Bertz CT molecular complexity index is 1100. The number of fused-ring (bicyclic) bond motifs is 1. The number of aromatic nitrogens is 2. The van der Waals surface area contributed by atoms with E-state index in [0.29, 0.717) is 17.7 Å². The molecule has 7 heteroatoms. The molecule has 0 saturated carbocycles. The van der Waals surface area contributed by atoms with Crippen molar-refractivity contribution in [2.45, 2.75) is 13.1 Å². The summed E-state index contributed by atoms with van der Waals surface area (Å²) in [5, 5.41) is 4.10. The first-order chi connectivity index (χ1) is 13.9. The van der Waals surface area contributed by atoms with E-state index >= 15 is 0 Å². The maximum Gasteiger partial charge on any atom is 0.261 e. The molecule has 0 saturated heterocycles. The first-order valence-electron chi connectivity index (χ1n) is 9.21. The van der Waals surface area contributed by atoms with Gasteiger partial charge in [-0.1, -0.05) is 30.3 Å². The third kappa shape index (κ3) is 3.54. The van der Waals surface area contributed by atoms with Gasteiger partial charge in [0.2, 0.25) is 0 Å². The zero-order valence-corrected chi connectivity index (χ0v) is 16.2. The number of nitrogens with zero attached hydrogens (tertiary/aromatic N) is 4. The number of imide groups is 1. The summed E-state index contributed by atoms with van der Waals surface area (Å²) in [6, 6.07) is 14.0. The Balaban J connectivity index is 1.54. The molecule has 1 aromatic heterocycles. The Morgan fingerprint density at radius 3 is 2.41 bits per heavy atom. The second-order valence-corrected chi connectivity index (χ2v) is 7.13. The van der Waals surface area contributed by atoms with Crippen LogP contribution in [0.25, 0.3) is 0 Å². The molecule has 29 heavy (non-hydrogen) atoms. The lowest BCUT2D eigenvalue weighted by molar-refractivity contribution is 0.0642. The number of aryl methyl sites for hydroxylation is 1. The van der Waals surface area contributed by atoms with Gasteiger partial charge in [-0.2, -0.15) is 5.10 Å². The summed E-state index contributed by atoms with van der Waals surface area (Å²) in [4.78, 5) is 41.1. The fourth-order valence-electron chi connectivity index (χ4n) is 3.45. The molecule has 0 atom stereocenters. The molecule has 7 nitrogen and oxygen atoms in total. The molecule has 0 aliphatic carbocycles. The normalized spacial score (nSPS) is 13.0. The Kier molecular flexibility index (Phi) is 4.72. The summed E-state index contributed by atoms with van der Waals surface area (Å²) in [6.45, 7) is 0.605. The van der Waals surface area contributed by atoms with Crippen LogP contribution < -0.4 is 0 Å². The monoisotopic (exact) mass is 388 g/mol. The number of amides is 3. The SMILES string of the molecule is CN(Cc1cnn(C)c1)C(=O)c1ccc2c(c1)C(=O)N(Cc1ccccc1)C2=O. The van der Waals surface area contributed by atoms with Gasteiger partial charge in [-0.15, -0.1) is 0 Å². The van der Waals surface area contributed by atoms with E-state index in [1.165, 1.54) is 11.0 Å². The van der Waals surface area contributed by atoms with Gasteiger partial charge in [0.05, 0.1) is 23.9 Å². The molecule has 2 aromatic carbocycles. The van der Waals surface area contributed by atoms with Crippen molar-refractivity contribution in [3.05, 3.63) is 88.7 Å². The quantitative estimate of drug-likeness (QED) is 0.630. The first-order valence-corrected chi connectivity index (χ1v) is 9.21. The molecule has 0 unspecified atom stereocenters. The van der Waals surface area contributed by atoms with Crippen LogP contribution in [0.2, 0.25) is 0 Å². The predicted molar refractivity (Wildman–Crippen MR) is 106 cm³/mol. The standard InChI is InChI=1S/C22H20N4O3/c1-24(12-16-11-23-25(2)13-16)20(27)17-8-9-18-19(10-17)22(29)26(21(18)28)14-15-6-4-3-5-7-15/h3-11,13H,12,14H2,1-2H3. The molecular formula is C22H20N4O3. The lowest BCUT2D eigenvalue weighted by Crippen LogP contribution is -2.29. The summed E-state index contributed by atoms with van der Waals surface area (Å²) in [5.74, 6) is -0.937. The highest BCUT2D eigenvalue weighted by atomic mass is 16.2. The van der Waals surface area contributed by atoms with Crippen LogP contribution >= 0.6 is 0 Å². The van der Waals surface area contributed by atoms with Gasteiger partial charge in [-0.3, -0.25) is 24.0 Å². The maximum absolute atomic E-state index is 12.8. The molecular weight excluding hydrogens is 368 g/mol. The van der Waals surface area contributed by atoms with Crippen LogP contribution in [0.3, 0.4) is 0 Å². The first kappa shape index (κ1) is 18.6. The van der Waals surface area contributed by atoms with Gasteiger partial charge in [-0.25, -0.2) is 0 Å². The van der Waals surface area contributed by atoms with Gasteiger partial charge in [-0.05, 0) is 23.8 Å². The minimum atomic E-state index is -0.376. The van der Waals surface area contributed by atoms with E-state index in [4.69, 9.17) is 0 Å². The van der Waals surface area contributed by atoms with Crippen LogP contribution in [0.5, 0.6) is 0 Å². The van der Waals surface area contributed by atoms with Crippen LogP contribution in [0.4, 0.5) is 0 Å². The van der Waals surface area contributed by atoms with E-state index in [2.05, 4.69) is 5.10 Å². The van der Waals surface area contributed by atoms with E-state index in [1.807, 2.05) is 43.6 Å². The van der Waals surface area contributed by atoms with E-state index in [0.717, 1.165) is 11.1 Å². The van der Waals surface area contributed by atoms with E-state index in [1.54, 1.807) is 35.0 Å². The molecule has 3 aromatic rings. The van der Waals surface area contributed by atoms with Crippen molar-refractivity contribution < 1.29 is 14.4 Å². The van der Waals surface area contributed by atoms with Crippen LogP contribution in [-0.4, -0.2) is 44.3 Å². The highest BCUT2D eigenvalue weighted by Gasteiger charge is 2.36. The molecule has 0 spiro atoms. The summed E-state index contributed by atoms with van der Waals surface area (Å²) in [6.07, 6.45) is 3.55. The molecule has 146 valence electrons. The van der Waals surface area contributed by atoms with Crippen LogP contribution in [0.1, 0.15) is 42.2 Å². The summed E-state index contributed by atoms with van der Waals surface area (Å²) in [7, 11) is 3.51. The number of benzene rings is 2. The topological polar surface area (TPSA) is 75.5 Å². The number of hydrogen-bond acceptors (Lipinski definition) is 4. The van der Waals surface area contributed by atoms with E-state index in [-0.39, 0.29) is 29.8 Å². The van der Waals surface area contributed by atoms with Crippen molar-refractivity contribution in [2.24, 2.45) is 7.05 Å². The number of carbonyl (C=O) groups excluding carboxylic acids is 3. The van der Waals surface area contributed by atoms with Crippen molar-refractivity contribution in [2.75, 3.05) is 7.05 Å². The molecule has 0 radical (unpaired) electrons. The van der Waals surface area contributed by atoms with Crippen LogP contribution in [-0.2, 0) is 20.1 Å².